The van der Waals surface area contributed by atoms with Crippen molar-refractivity contribution in [2.75, 3.05) is 52.4 Å². The molecule has 0 radical (unpaired) electrons. The maximum atomic E-state index is 3.54. The predicted octanol–water partition coefficient (Wildman–Crippen LogP) is 2.43. The number of rotatable bonds is 4. The maximum absolute atomic E-state index is 3.54. The first kappa shape index (κ1) is 15.8. The van der Waals surface area contributed by atoms with E-state index in [2.05, 4.69) is 22.0 Å². The van der Waals surface area contributed by atoms with Gasteiger partial charge in [-0.1, -0.05) is 6.92 Å². The van der Waals surface area contributed by atoms with Gasteiger partial charge in [0.2, 0.25) is 0 Å². The van der Waals surface area contributed by atoms with Gasteiger partial charge in [0.15, 0.2) is 0 Å². The SMILES string of the molecule is C[C@H]1CCN(CC2CCN(CC3CCCNCC3)CC2)C1. The molecule has 0 aromatic carbocycles. The summed E-state index contributed by atoms with van der Waals surface area (Å²) in [6, 6.07) is 0. The third kappa shape index (κ3) is 4.94. The van der Waals surface area contributed by atoms with Crippen molar-refractivity contribution < 1.29 is 0 Å². The summed E-state index contributed by atoms with van der Waals surface area (Å²) in [5.41, 5.74) is 0. The van der Waals surface area contributed by atoms with Crippen molar-refractivity contribution >= 4 is 0 Å². The van der Waals surface area contributed by atoms with Crippen molar-refractivity contribution in [2.24, 2.45) is 17.8 Å². The van der Waals surface area contributed by atoms with Crippen LogP contribution in [0.15, 0.2) is 0 Å². The summed E-state index contributed by atoms with van der Waals surface area (Å²) in [6.45, 7) is 13.1. The molecule has 122 valence electrons. The molecule has 0 bridgehead atoms. The largest absolute Gasteiger partial charge is 0.317 e. The Hall–Kier alpha value is -0.120. The molecule has 3 aliphatic heterocycles. The quantitative estimate of drug-likeness (QED) is 0.859. The summed E-state index contributed by atoms with van der Waals surface area (Å²) in [4.78, 5) is 5.49. The first-order valence-corrected chi connectivity index (χ1v) is 9.45. The van der Waals surface area contributed by atoms with Crippen molar-refractivity contribution in [1.29, 1.82) is 0 Å². The average molecular weight is 293 g/mol. The van der Waals surface area contributed by atoms with E-state index in [1.165, 1.54) is 90.9 Å². The highest BCUT2D eigenvalue weighted by molar-refractivity contribution is 4.80. The van der Waals surface area contributed by atoms with Crippen molar-refractivity contribution in [3.05, 3.63) is 0 Å². The molecule has 3 nitrogen and oxygen atoms in total. The molecule has 3 saturated heterocycles. The minimum Gasteiger partial charge on any atom is -0.317 e. The first-order valence-electron chi connectivity index (χ1n) is 9.45. The summed E-state index contributed by atoms with van der Waals surface area (Å²) in [7, 11) is 0. The fraction of sp³-hybridized carbons (Fsp3) is 1.00. The maximum Gasteiger partial charge on any atom is 0.00107 e. The van der Waals surface area contributed by atoms with E-state index in [1.807, 2.05) is 0 Å². The van der Waals surface area contributed by atoms with Gasteiger partial charge in [0.1, 0.15) is 0 Å². The first-order chi connectivity index (χ1) is 10.3. The lowest BCUT2D eigenvalue weighted by Gasteiger charge is -2.35. The molecule has 1 N–H and O–H groups in total. The van der Waals surface area contributed by atoms with Crippen LogP contribution in [0, 0.1) is 17.8 Å². The molecular weight excluding hydrogens is 258 g/mol. The van der Waals surface area contributed by atoms with Crippen LogP contribution in [0.2, 0.25) is 0 Å². The molecular formula is C18H35N3. The monoisotopic (exact) mass is 293 g/mol. The number of nitrogens with one attached hydrogen (secondary N) is 1. The van der Waals surface area contributed by atoms with Gasteiger partial charge in [0.25, 0.3) is 0 Å². The molecule has 3 heterocycles. The summed E-state index contributed by atoms with van der Waals surface area (Å²) in [6.07, 6.45) is 8.53. The Morgan fingerprint density at radius 3 is 2.29 bits per heavy atom. The molecule has 0 aromatic rings. The van der Waals surface area contributed by atoms with E-state index >= 15 is 0 Å². The molecule has 0 amide bonds. The summed E-state index contributed by atoms with van der Waals surface area (Å²) >= 11 is 0. The summed E-state index contributed by atoms with van der Waals surface area (Å²) in [5.74, 6) is 2.87. The van der Waals surface area contributed by atoms with E-state index in [9.17, 15) is 0 Å². The standard InChI is InChI=1S/C18H35N3/c1-16-5-10-21(13-16)15-18-6-11-20(12-7-18)14-17-3-2-8-19-9-4-17/h16-19H,2-15H2,1H3/t16-,17?/m0/s1. The van der Waals surface area contributed by atoms with E-state index in [0.29, 0.717) is 0 Å². The van der Waals surface area contributed by atoms with Gasteiger partial charge in [0, 0.05) is 19.6 Å². The van der Waals surface area contributed by atoms with Crippen LogP contribution < -0.4 is 5.32 Å². The third-order valence-electron chi connectivity index (χ3n) is 5.94. The van der Waals surface area contributed by atoms with E-state index in [-0.39, 0.29) is 0 Å². The van der Waals surface area contributed by atoms with Gasteiger partial charge in [0.05, 0.1) is 0 Å². The molecule has 0 spiro atoms. The van der Waals surface area contributed by atoms with Crippen LogP contribution in [-0.4, -0.2) is 62.2 Å². The second-order valence-corrected chi connectivity index (χ2v) is 7.94. The van der Waals surface area contributed by atoms with E-state index in [1.54, 1.807) is 0 Å². The lowest BCUT2D eigenvalue weighted by Crippen LogP contribution is -2.40. The smallest absolute Gasteiger partial charge is 0.00107 e. The fourth-order valence-electron chi connectivity index (χ4n) is 4.55. The van der Waals surface area contributed by atoms with Crippen LogP contribution in [0.3, 0.4) is 0 Å². The molecule has 0 aliphatic carbocycles. The molecule has 3 heteroatoms. The highest BCUT2D eigenvalue weighted by Gasteiger charge is 2.26. The summed E-state index contributed by atoms with van der Waals surface area (Å²) < 4.78 is 0. The number of likely N-dealkylation sites (tertiary alicyclic amines) is 2. The zero-order valence-corrected chi connectivity index (χ0v) is 14.0. The Bertz CT molecular complexity index is 291. The van der Waals surface area contributed by atoms with Crippen LogP contribution in [0.4, 0.5) is 0 Å². The van der Waals surface area contributed by atoms with E-state index in [4.69, 9.17) is 0 Å². The van der Waals surface area contributed by atoms with Gasteiger partial charge in [-0.2, -0.15) is 0 Å². The second kappa shape index (κ2) is 7.94. The fourth-order valence-corrected chi connectivity index (χ4v) is 4.55. The normalized spacial score (nSPS) is 34.1. The molecule has 3 aliphatic rings. The number of nitrogens with zero attached hydrogens (tertiary/aromatic N) is 2. The van der Waals surface area contributed by atoms with E-state index < -0.39 is 0 Å². The van der Waals surface area contributed by atoms with Crippen LogP contribution in [0.25, 0.3) is 0 Å². The Morgan fingerprint density at radius 2 is 1.52 bits per heavy atom. The Labute approximate surface area is 131 Å². The highest BCUT2D eigenvalue weighted by Crippen LogP contribution is 2.24. The van der Waals surface area contributed by atoms with Gasteiger partial charge in [-0.25, -0.2) is 0 Å². The van der Waals surface area contributed by atoms with Crippen LogP contribution in [-0.2, 0) is 0 Å². The van der Waals surface area contributed by atoms with Gasteiger partial charge < -0.3 is 15.1 Å². The Kier molecular flexibility index (Phi) is 5.96. The van der Waals surface area contributed by atoms with Crippen LogP contribution >= 0.6 is 0 Å². The van der Waals surface area contributed by atoms with Crippen LogP contribution in [0.1, 0.15) is 45.4 Å². The van der Waals surface area contributed by atoms with E-state index in [0.717, 1.165) is 17.8 Å². The van der Waals surface area contributed by atoms with Gasteiger partial charge >= 0.3 is 0 Å². The minimum atomic E-state index is 0.939. The number of piperidine rings is 1. The van der Waals surface area contributed by atoms with Crippen molar-refractivity contribution in [1.82, 2.24) is 15.1 Å². The van der Waals surface area contributed by atoms with Gasteiger partial charge in [-0.3, -0.25) is 0 Å². The second-order valence-electron chi connectivity index (χ2n) is 7.94. The predicted molar refractivity (Wildman–Crippen MR) is 89.6 cm³/mol. The molecule has 2 atom stereocenters. The molecule has 0 saturated carbocycles. The van der Waals surface area contributed by atoms with Gasteiger partial charge in [-0.05, 0) is 89.0 Å². The molecule has 21 heavy (non-hydrogen) atoms. The number of hydrogen-bond donors (Lipinski definition) is 1. The highest BCUT2D eigenvalue weighted by atomic mass is 15.2. The number of hydrogen-bond acceptors (Lipinski definition) is 3. The van der Waals surface area contributed by atoms with Gasteiger partial charge in [-0.15, -0.1) is 0 Å². The third-order valence-corrected chi connectivity index (χ3v) is 5.94. The Morgan fingerprint density at radius 1 is 0.810 bits per heavy atom. The molecule has 1 unspecified atom stereocenters. The Balaban J connectivity index is 1.34. The zero-order chi connectivity index (χ0) is 14.5. The molecule has 3 fully saturated rings. The zero-order valence-electron chi connectivity index (χ0n) is 14.0. The van der Waals surface area contributed by atoms with Crippen molar-refractivity contribution in [3.63, 3.8) is 0 Å². The average Bonchev–Trinajstić information content (AvgIpc) is 2.74. The topological polar surface area (TPSA) is 18.5 Å². The van der Waals surface area contributed by atoms with Crippen LogP contribution in [0.5, 0.6) is 0 Å². The lowest BCUT2D eigenvalue weighted by molar-refractivity contribution is 0.134. The van der Waals surface area contributed by atoms with Crippen molar-refractivity contribution in [2.45, 2.75) is 45.4 Å². The molecule has 0 aromatic heterocycles. The summed E-state index contributed by atoms with van der Waals surface area (Å²) in [5, 5.41) is 3.54. The minimum absolute atomic E-state index is 0.939. The molecule has 3 rings (SSSR count). The van der Waals surface area contributed by atoms with Crippen molar-refractivity contribution in [3.8, 4) is 0 Å². The lowest BCUT2D eigenvalue weighted by atomic mass is 9.94.